The second-order valence-electron chi connectivity index (χ2n) is 9.36. The molecule has 1 saturated carbocycles. The lowest BCUT2D eigenvalue weighted by molar-refractivity contribution is -0.156. The van der Waals surface area contributed by atoms with Crippen molar-refractivity contribution in [1.29, 1.82) is 0 Å². The van der Waals surface area contributed by atoms with Crippen molar-refractivity contribution in [3.05, 3.63) is 39.8 Å². The number of carbonyl (C=O) groups excluding carboxylic acids is 2. The number of likely N-dealkylation sites (tertiary alicyclic amines) is 1. The van der Waals surface area contributed by atoms with E-state index in [4.69, 9.17) is 4.74 Å². The van der Waals surface area contributed by atoms with E-state index in [9.17, 15) is 19.5 Å². The Morgan fingerprint density at radius 2 is 2.00 bits per heavy atom. The van der Waals surface area contributed by atoms with Gasteiger partial charge >= 0.3 is 5.97 Å². The first-order chi connectivity index (χ1) is 15.1. The molecule has 2 fully saturated rings. The number of esters is 1. The molecule has 31 heavy (non-hydrogen) atoms. The van der Waals surface area contributed by atoms with Crippen LogP contribution in [0.4, 0.5) is 0 Å². The smallest absolute Gasteiger partial charge is 0.328 e. The average Bonchev–Trinajstić information content (AvgIpc) is 3.27. The highest BCUT2D eigenvalue weighted by Gasteiger charge is 2.58. The fourth-order valence-electron chi connectivity index (χ4n) is 6.01. The van der Waals surface area contributed by atoms with Crippen LogP contribution in [-0.4, -0.2) is 46.2 Å². The van der Waals surface area contributed by atoms with Crippen molar-refractivity contribution in [1.82, 2.24) is 9.47 Å². The Bertz CT molecular complexity index is 992. The molecule has 166 valence electrons. The van der Waals surface area contributed by atoms with Crippen molar-refractivity contribution in [3.8, 4) is 0 Å². The number of ether oxygens (including phenoxy) is 1. The standard InChI is InChI=1S/C24H30N2O5/c1-31-24(30)21-18(13-27)17-12-25-19(20(17)26(21)22(28)15-8-5-9-15)11-10-16(23(25)29)14-6-3-2-4-7-14/h6,10-11,15,17-18,20-21,27H,2-5,7-9,12-13H2,1H3/t17-,18-,20+,21-/m1/s1. The zero-order valence-corrected chi connectivity index (χ0v) is 18.0. The van der Waals surface area contributed by atoms with E-state index in [0.29, 0.717) is 6.54 Å². The minimum absolute atomic E-state index is 0.0256. The minimum Gasteiger partial charge on any atom is -0.467 e. The number of aromatic nitrogens is 1. The molecule has 2 aliphatic heterocycles. The van der Waals surface area contributed by atoms with Crippen LogP contribution in [0, 0.1) is 17.8 Å². The maximum Gasteiger partial charge on any atom is 0.328 e. The van der Waals surface area contributed by atoms with E-state index >= 15 is 0 Å². The Morgan fingerprint density at radius 3 is 2.61 bits per heavy atom. The SMILES string of the molecule is COC(=O)[C@H]1[C@H](CO)[C@H]2Cn3c(ccc(C4=CCCCC4)c3=O)[C@H]2N1C(=O)C1CCC1. The first kappa shape index (κ1) is 20.5. The van der Waals surface area contributed by atoms with Gasteiger partial charge in [-0.2, -0.15) is 0 Å². The van der Waals surface area contributed by atoms with Crippen molar-refractivity contribution >= 4 is 17.4 Å². The molecule has 0 spiro atoms. The van der Waals surface area contributed by atoms with Gasteiger partial charge in [0.2, 0.25) is 5.91 Å². The van der Waals surface area contributed by atoms with E-state index in [-0.39, 0.29) is 36.0 Å². The zero-order valence-electron chi connectivity index (χ0n) is 18.0. The lowest BCUT2D eigenvalue weighted by Gasteiger charge is -2.35. The van der Waals surface area contributed by atoms with Crippen molar-refractivity contribution in [2.45, 2.75) is 63.6 Å². The van der Waals surface area contributed by atoms with E-state index < -0.39 is 17.9 Å². The van der Waals surface area contributed by atoms with Gasteiger partial charge < -0.3 is 19.3 Å². The van der Waals surface area contributed by atoms with Gasteiger partial charge in [0, 0.05) is 42.2 Å². The Hall–Kier alpha value is -2.41. The van der Waals surface area contributed by atoms with Gasteiger partial charge in [0.25, 0.3) is 5.56 Å². The zero-order chi connectivity index (χ0) is 21.7. The fourth-order valence-corrected chi connectivity index (χ4v) is 6.01. The molecule has 0 unspecified atom stereocenters. The number of fused-ring (bicyclic) bond motifs is 3. The number of amides is 1. The number of hydrogen-bond donors (Lipinski definition) is 1. The first-order valence-electron chi connectivity index (χ1n) is 11.5. The molecule has 2 aliphatic carbocycles. The molecule has 4 aliphatic rings. The molecule has 1 N–H and O–H groups in total. The molecule has 0 aromatic carbocycles. The Balaban J connectivity index is 1.58. The van der Waals surface area contributed by atoms with Crippen molar-refractivity contribution in [3.63, 3.8) is 0 Å². The Kier molecular flexibility index (Phi) is 5.24. The van der Waals surface area contributed by atoms with E-state index in [0.717, 1.165) is 61.8 Å². The third-order valence-electron chi connectivity index (χ3n) is 7.86. The van der Waals surface area contributed by atoms with Crippen LogP contribution < -0.4 is 5.56 Å². The predicted octanol–water partition coefficient (Wildman–Crippen LogP) is 2.27. The molecule has 1 aromatic heterocycles. The molecular formula is C24H30N2O5. The predicted molar refractivity (Wildman–Crippen MR) is 114 cm³/mol. The summed E-state index contributed by atoms with van der Waals surface area (Å²) in [7, 11) is 1.32. The normalized spacial score (nSPS) is 29.7. The van der Waals surface area contributed by atoms with Gasteiger partial charge in [-0.15, -0.1) is 0 Å². The van der Waals surface area contributed by atoms with Crippen LogP contribution in [0.15, 0.2) is 23.0 Å². The van der Waals surface area contributed by atoms with Crippen molar-refractivity contribution in [2.75, 3.05) is 13.7 Å². The second-order valence-corrected chi connectivity index (χ2v) is 9.36. The molecule has 1 amide bonds. The quantitative estimate of drug-likeness (QED) is 0.746. The minimum atomic E-state index is -0.803. The average molecular weight is 427 g/mol. The van der Waals surface area contributed by atoms with Crippen LogP contribution in [-0.2, 0) is 20.9 Å². The largest absolute Gasteiger partial charge is 0.467 e. The van der Waals surface area contributed by atoms with E-state index in [1.165, 1.54) is 7.11 Å². The number of pyridine rings is 1. The summed E-state index contributed by atoms with van der Waals surface area (Å²) in [5.41, 5.74) is 2.60. The van der Waals surface area contributed by atoms with Crippen LogP contribution in [0.25, 0.3) is 5.57 Å². The van der Waals surface area contributed by atoms with Crippen LogP contribution >= 0.6 is 0 Å². The van der Waals surface area contributed by atoms with Crippen LogP contribution in [0.3, 0.4) is 0 Å². The number of methoxy groups -OCH3 is 1. The lowest BCUT2D eigenvalue weighted by atomic mass is 9.84. The second kappa shape index (κ2) is 7.93. The Labute approximate surface area is 181 Å². The summed E-state index contributed by atoms with van der Waals surface area (Å²) < 4.78 is 6.81. The molecular weight excluding hydrogens is 396 g/mol. The van der Waals surface area contributed by atoms with Crippen LogP contribution in [0.5, 0.6) is 0 Å². The summed E-state index contributed by atoms with van der Waals surface area (Å²) in [5, 5.41) is 10.2. The van der Waals surface area contributed by atoms with Crippen molar-refractivity contribution < 1.29 is 19.4 Å². The number of aliphatic hydroxyl groups is 1. The third kappa shape index (κ3) is 3.08. The summed E-state index contributed by atoms with van der Waals surface area (Å²) in [4.78, 5) is 41.2. The van der Waals surface area contributed by atoms with E-state index in [2.05, 4.69) is 6.08 Å². The lowest BCUT2D eigenvalue weighted by Crippen LogP contribution is -2.49. The highest BCUT2D eigenvalue weighted by Crippen LogP contribution is 2.51. The summed E-state index contributed by atoms with van der Waals surface area (Å²) in [5.74, 6) is -1.25. The summed E-state index contributed by atoms with van der Waals surface area (Å²) in [6.07, 6.45) is 8.99. The highest BCUT2D eigenvalue weighted by molar-refractivity contribution is 5.88. The summed E-state index contributed by atoms with van der Waals surface area (Å²) in [6, 6.07) is 2.66. The van der Waals surface area contributed by atoms with Gasteiger partial charge in [-0.1, -0.05) is 12.5 Å². The van der Waals surface area contributed by atoms with Gasteiger partial charge in [-0.3, -0.25) is 9.59 Å². The number of rotatable bonds is 4. The molecule has 4 atom stereocenters. The third-order valence-corrected chi connectivity index (χ3v) is 7.86. The van der Waals surface area contributed by atoms with Gasteiger partial charge in [-0.05, 0) is 56.2 Å². The number of aliphatic hydroxyl groups excluding tert-OH is 1. The van der Waals surface area contributed by atoms with Gasteiger partial charge in [0.05, 0.1) is 13.2 Å². The number of nitrogens with zero attached hydrogens (tertiary/aromatic N) is 2. The first-order valence-corrected chi connectivity index (χ1v) is 11.5. The van der Waals surface area contributed by atoms with Gasteiger partial charge in [0.1, 0.15) is 6.04 Å². The summed E-state index contributed by atoms with van der Waals surface area (Å²) >= 11 is 0. The maximum atomic E-state index is 13.4. The number of hydrogen-bond acceptors (Lipinski definition) is 5. The Morgan fingerprint density at radius 1 is 1.19 bits per heavy atom. The summed E-state index contributed by atoms with van der Waals surface area (Å²) in [6.45, 7) is 0.184. The molecule has 7 heteroatoms. The molecule has 0 bridgehead atoms. The molecule has 7 nitrogen and oxygen atoms in total. The number of allylic oxidation sites excluding steroid dienone is 2. The van der Waals surface area contributed by atoms with Crippen LogP contribution in [0.1, 0.15) is 62.2 Å². The maximum absolute atomic E-state index is 13.4. The highest BCUT2D eigenvalue weighted by atomic mass is 16.5. The molecule has 1 aromatic rings. The molecule has 0 radical (unpaired) electrons. The topological polar surface area (TPSA) is 88.8 Å². The fraction of sp³-hybridized carbons (Fsp3) is 0.625. The van der Waals surface area contributed by atoms with E-state index in [1.54, 1.807) is 9.47 Å². The molecule has 1 saturated heterocycles. The van der Waals surface area contributed by atoms with Gasteiger partial charge in [0.15, 0.2) is 0 Å². The van der Waals surface area contributed by atoms with Gasteiger partial charge in [-0.25, -0.2) is 4.79 Å². The van der Waals surface area contributed by atoms with E-state index in [1.807, 2.05) is 12.1 Å². The van der Waals surface area contributed by atoms with Crippen molar-refractivity contribution in [2.24, 2.45) is 17.8 Å². The van der Waals surface area contributed by atoms with Crippen LogP contribution in [0.2, 0.25) is 0 Å². The monoisotopic (exact) mass is 426 g/mol. The number of carbonyl (C=O) groups is 2. The molecule has 5 rings (SSSR count). The molecule has 3 heterocycles.